The van der Waals surface area contributed by atoms with E-state index in [-0.39, 0.29) is 5.92 Å². The maximum absolute atomic E-state index is 10.6. The normalized spacial score (nSPS) is 21.7. The van der Waals surface area contributed by atoms with Crippen molar-refractivity contribution in [2.75, 3.05) is 24.5 Å². The van der Waals surface area contributed by atoms with Crippen molar-refractivity contribution < 1.29 is 5.11 Å². The highest BCUT2D eigenvalue weighted by atomic mass is 16.3. The summed E-state index contributed by atoms with van der Waals surface area (Å²) >= 11 is 0. The summed E-state index contributed by atoms with van der Waals surface area (Å²) in [6.45, 7) is 10.9. The lowest BCUT2D eigenvalue weighted by molar-refractivity contribution is 0.0201. The predicted octanol–water partition coefficient (Wildman–Crippen LogP) is 2.95. The Kier molecular flexibility index (Phi) is 4.71. The number of nitrogens with zero attached hydrogens (tertiary/aromatic N) is 1. The van der Waals surface area contributed by atoms with Crippen LogP contribution < -0.4 is 10.2 Å². The zero-order chi connectivity index (χ0) is 14.8. The van der Waals surface area contributed by atoms with E-state index in [2.05, 4.69) is 55.3 Å². The number of hydrogen-bond acceptors (Lipinski definition) is 3. The third-order valence-corrected chi connectivity index (χ3v) is 4.55. The minimum Gasteiger partial charge on any atom is -0.388 e. The fourth-order valence-corrected chi connectivity index (χ4v) is 2.82. The summed E-state index contributed by atoms with van der Waals surface area (Å²) in [4.78, 5) is 2.34. The Morgan fingerprint density at radius 1 is 1.40 bits per heavy atom. The first kappa shape index (κ1) is 15.3. The minimum absolute atomic E-state index is 0.251. The molecule has 2 N–H and O–H groups in total. The van der Waals surface area contributed by atoms with Gasteiger partial charge in [-0.15, -0.1) is 0 Å². The van der Waals surface area contributed by atoms with E-state index in [1.165, 1.54) is 11.3 Å². The monoisotopic (exact) mass is 276 g/mol. The van der Waals surface area contributed by atoms with Crippen LogP contribution in [0.2, 0.25) is 0 Å². The predicted molar refractivity (Wildman–Crippen MR) is 85.2 cm³/mol. The summed E-state index contributed by atoms with van der Waals surface area (Å²) in [5.41, 5.74) is 1.98. The molecule has 112 valence electrons. The number of para-hydroxylation sites is 1. The fourth-order valence-electron chi connectivity index (χ4n) is 2.82. The molecule has 1 aliphatic heterocycles. The van der Waals surface area contributed by atoms with Crippen LogP contribution in [0.3, 0.4) is 0 Å². The lowest BCUT2D eigenvalue weighted by Gasteiger charge is -2.41. The van der Waals surface area contributed by atoms with E-state index in [9.17, 15) is 5.11 Å². The van der Waals surface area contributed by atoms with E-state index < -0.39 is 5.60 Å². The topological polar surface area (TPSA) is 35.5 Å². The molecule has 0 aromatic heterocycles. The van der Waals surface area contributed by atoms with Gasteiger partial charge in [0.1, 0.15) is 0 Å². The average Bonchev–Trinajstić information content (AvgIpc) is 2.41. The highest BCUT2D eigenvalue weighted by Gasteiger charge is 2.31. The van der Waals surface area contributed by atoms with Gasteiger partial charge in [0.2, 0.25) is 0 Å². The van der Waals surface area contributed by atoms with E-state index in [4.69, 9.17) is 0 Å². The quantitative estimate of drug-likeness (QED) is 0.868. The molecule has 2 atom stereocenters. The van der Waals surface area contributed by atoms with Gasteiger partial charge in [0.15, 0.2) is 0 Å². The lowest BCUT2D eigenvalue weighted by Crippen LogP contribution is -2.47. The van der Waals surface area contributed by atoms with Gasteiger partial charge in [-0.2, -0.15) is 0 Å². The molecule has 3 nitrogen and oxygen atoms in total. The highest BCUT2D eigenvalue weighted by Crippen LogP contribution is 2.35. The van der Waals surface area contributed by atoms with E-state index in [0.717, 1.165) is 19.5 Å². The van der Waals surface area contributed by atoms with Gasteiger partial charge in [-0.25, -0.2) is 0 Å². The first-order chi connectivity index (χ1) is 9.45. The van der Waals surface area contributed by atoms with Crippen LogP contribution in [-0.2, 0) is 0 Å². The molecule has 1 aromatic rings. The smallest absolute Gasteiger partial charge is 0.0816 e. The molecule has 0 spiro atoms. The lowest BCUT2D eigenvalue weighted by atomic mass is 9.89. The standard InChI is InChI=1S/C17H28N2O/c1-5-18-15-10-11-19(12-17(4,20)13(2)3)16-9-7-6-8-14(15)16/h6-9,13,15,18,20H,5,10-12H2,1-4H3. The first-order valence-corrected chi connectivity index (χ1v) is 7.75. The Hall–Kier alpha value is -1.06. The molecule has 0 fully saturated rings. The fraction of sp³-hybridized carbons (Fsp3) is 0.647. The van der Waals surface area contributed by atoms with Crippen molar-refractivity contribution in [3.8, 4) is 0 Å². The molecule has 3 heteroatoms. The first-order valence-electron chi connectivity index (χ1n) is 7.75. The third kappa shape index (κ3) is 3.15. The van der Waals surface area contributed by atoms with Crippen LogP contribution in [0.25, 0.3) is 0 Å². The zero-order valence-corrected chi connectivity index (χ0v) is 13.2. The molecule has 1 aromatic carbocycles. The van der Waals surface area contributed by atoms with Gasteiger partial charge < -0.3 is 15.3 Å². The Labute approximate surface area is 123 Å². The SMILES string of the molecule is CCNC1CCN(CC(C)(O)C(C)C)c2ccccc21. The van der Waals surface area contributed by atoms with Gasteiger partial charge in [-0.1, -0.05) is 39.0 Å². The number of benzene rings is 1. The Morgan fingerprint density at radius 2 is 2.10 bits per heavy atom. The summed E-state index contributed by atoms with van der Waals surface area (Å²) in [6, 6.07) is 9.02. The Balaban J connectivity index is 2.23. The average molecular weight is 276 g/mol. The molecule has 20 heavy (non-hydrogen) atoms. The van der Waals surface area contributed by atoms with Crippen molar-refractivity contribution in [2.45, 2.75) is 45.8 Å². The molecule has 0 aliphatic carbocycles. The van der Waals surface area contributed by atoms with Crippen LogP contribution in [0, 0.1) is 5.92 Å². The minimum atomic E-state index is -0.655. The number of β-amino-alcohol motifs (C(OH)–C–C–N with tert-alkyl or cyclic N) is 1. The second-order valence-electron chi connectivity index (χ2n) is 6.39. The van der Waals surface area contributed by atoms with Gasteiger partial charge in [-0.3, -0.25) is 0 Å². The molecule has 1 aliphatic rings. The summed E-state index contributed by atoms with van der Waals surface area (Å²) in [7, 11) is 0. The van der Waals surface area contributed by atoms with Crippen LogP contribution in [0.5, 0.6) is 0 Å². The second kappa shape index (κ2) is 6.15. The number of hydrogen-bond donors (Lipinski definition) is 2. The van der Waals surface area contributed by atoms with Crippen LogP contribution in [0.1, 0.15) is 45.7 Å². The second-order valence-corrected chi connectivity index (χ2v) is 6.39. The van der Waals surface area contributed by atoms with E-state index in [0.29, 0.717) is 12.6 Å². The number of anilines is 1. The summed E-state index contributed by atoms with van der Waals surface area (Å²) in [6.07, 6.45) is 1.10. The van der Waals surface area contributed by atoms with Crippen molar-refractivity contribution in [3.05, 3.63) is 29.8 Å². The molecular weight excluding hydrogens is 248 g/mol. The molecule has 2 unspecified atom stereocenters. The van der Waals surface area contributed by atoms with Gasteiger partial charge in [0, 0.05) is 24.8 Å². The van der Waals surface area contributed by atoms with Crippen molar-refractivity contribution >= 4 is 5.69 Å². The molecule has 0 saturated heterocycles. The number of nitrogens with one attached hydrogen (secondary N) is 1. The van der Waals surface area contributed by atoms with E-state index >= 15 is 0 Å². The molecule has 0 bridgehead atoms. The molecular formula is C17H28N2O. The molecule has 0 radical (unpaired) electrons. The van der Waals surface area contributed by atoms with Gasteiger partial charge in [0.25, 0.3) is 0 Å². The van der Waals surface area contributed by atoms with E-state index in [1.54, 1.807) is 0 Å². The number of fused-ring (bicyclic) bond motifs is 1. The van der Waals surface area contributed by atoms with Crippen LogP contribution in [0.4, 0.5) is 5.69 Å². The molecule has 1 heterocycles. The highest BCUT2D eigenvalue weighted by molar-refractivity contribution is 5.57. The maximum atomic E-state index is 10.6. The summed E-state index contributed by atoms with van der Waals surface area (Å²) in [5, 5.41) is 14.1. The van der Waals surface area contributed by atoms with E-state index in [1.807, 2.05) is 6.92 Å². The van der Waals surface area contributed by atoms with Crippen molar-refractivity contribution in [1.29, 1.82) is 0 Å². The number of rotatable bonds is 5. The molecule has 0 saturated carbocycles. The van der Waals surface area contributed by atoms with Crippen molar-refractivity contribution in [3.63, 3.8) is 0 Å². The summed E-state index contributed by atoms with van der Waals surface area (Å²) < 4.78 is 0. The number of aliphatic hydroxyl groups is 1. The Morgan fingerprint density at radius 3 is 2.75 bits per heavy atom. The van der Waals surface area contributed by atoms with Gasteiger partial charge in [0.05, 0.1) is 5.60 Å². The van der Waals surface area contributed by atoms with Crippen LogP contribution in [0.15, 0.2) is 24.3 Å². The molecule has 2 rings (SSSR count). The van der Waals surface area contributed by atoms with Gasteiger partial charge >= 0.3 is 0 Å². The maximum Gasteiger partial charge on any atom is 0.0816 e. The van der Waals surface area contributed by atoms with Gasteiger partial charge in [-0.05, 0) is 37.4 Å². The van der Waals surface area contributed by atoms with Crippen molar-refractivity contribution in [2.24, 2.45) is 5.92 Å². The third-order valence-electron chi connectivity index (χ3n) is 4.55. The van der Waals surface area contributed by atoms with Crippen molar-refractivity contribution in [1.82, 2.24) is 5.32 Å². The molecule has 0 amide bonds. The zero-order valence-electron chi connectivity index (χ0n) is 13.2. The summed E-state index contributed by atoms with van der Waals surface area (Å²) in [5.74, 6) is 0.251. The van der Waals surface area contributed by atoms with Crippen LogP contribution in [-0.4, -0.2) is 30.3 Å². The Bertz CT molecular complexity index is 442. The largest absolute Gasteiger partial charge is 0.388 e. The van der Waals surface area contributed by atoms with Crippen LogP contribution >= 0.6 is 0 Å².